The standard InChI is InChI=1S/C13H23NO/c1-10(2)7-6-8-11(3)9-13(14-5)12(4)15/h6-8,10,13-14H,9H2,1-5H3/b7-6-,11-8+/t13-/m0/s1. The molecule has 0 aliphatic rings. The van der Waals surface area contributed by atoms with Crippen LogP contribution in [0.3, 0.4) is 0 Å². The summed E-state index contributed by atoms with van der Waals surface area (Å²) >= 11 is 0. The molecule has 0 aliphatic carbocycles. The Hall–Kier alpha value is -0.890. The minimum Gasteiger partial charge on any atom is -0.310 e. The summed E-state index contributed by atoms with van der Waals surface area (Å²) in [6, 6.07) is -0.0475. The number of Topliss-reactive ketones (excluding diaryl/α,β-unsaturated/α-hetero) is 1. The first-order chi connectivity index (χ1) is 6.97. The maximum atomic E-state index is 11.2. The van der Waals surface area contributed by atoms with Gasteiger partial charge in [-0.1, -0.05) is 37.6 Å². The summed E-state index contributed by atoms with van der Waals surface area (Å²) < 4.78 is 0. The zero-order chi connectivity index (χ0) is 11.8. The summed E-state index contributed by atoms with van der Waals surface area (Å²) in [4.78, 5) is 11.2. The summed E-state index contributed by atoms with van der Waals surface area (Å²) in [5, 5.41) is 3.02. The van der Waals surface area contributed by atoms with Gasteiger partial charge in [0.2, 0.25) is 0 Å². The molecule has 15 heavy (non-hydrogen) atoms. The second-order valence-electron chi connectivity index (χ2n) is 4.30. The third-order valence-electron chi connectivity index (χ3n) is 2.24. The number of rotatable bonds is 6. The van der Waals surface area contributed by atoms with Crippen LogP contribution in [0.2, 0.25) is 0 Å². The average Bonchev–Trinajstić information content (AvgIpc) is 2.13. The average molecular weight is 209 g/mol. The molecule has 0 fully saturated rings. The SMILES string of the molecule is CN[C@@H](C/C(C)=C/C=C\C(C)C)C(C)=O. The van der Waals surface area contributed by atoms with Gasteiger partial charge in [-0.25, -0.2) is 0 Å². The Labute approximate surface area is 93.5 Å². The quantitative estimate of drug-likeness (QED) is 0.681. The van der Waals surface area contributed by atoms with Gasteiger partial charge < -0.3 is 5.32 Å². The smallest absolute Gasteiger partial charge is 0.146 e. The Morgan fingerprint density at radius 3 is 2.33 bits per heavy atom. The molecule has 86 valence electrons. The van der Waals surface area contributed by atoms with Gasteiger partial charge in [-0.05, 0) is 33.2 Å². The van der Waals surface area contributed by atoms with Crippen molar-refractivity contribution in [3.8, 4) is 0 Å². The lowest BCUT2D eigenvalue weighted by molar-refractivity contribution is -0.118. The van der Waals surface area contributed by atoms with Crippen molar-refractivity contribution >= 4 is 5.78 Å². The van der Waals surface area contributed by atoms with E-state index >= 15 is 0 Å². The van der Waals surface area contributed by atoms with Crippen LogP contribution >= 0.6 is 0 Å². The first-order valence-electron chi connectivity index (χ1n) is 5.49. The molecular formula is C13H23NO. The lowest BCUT2D eigenvalue weighted by Crippen LogP contribution is -2.32. The molecular weight excluding hydrogens is 186 g/mol. The Morgan fingerprint density at radius 2 is 1.93 bits per heavy atom. The zero-order valence-electron chi connectivity index (χ0n) is 10.5. The second-order valence-corrected chi connectivity index (χ2v) is 4.30. The van der Waals surface area contributed by atoms with Gasteiger partial charge >= 0.3 is 0 Å². The van der Waals surface area contributed by atoms with Gasteiger partial charge in [0.15, 0.2) is 0 Å². The highest BCUT2D eigenvalue weighted by Gasteiger charge is 2.10. The molecule has 0 radical (unpaired) electrons. The first kappa shape index (κ1) is 14.1. The highest BCUT2D eigenvalue weighted by Crippen LogP contribution is 2.06. The molecule has 1 N–H and O–H groups in total. The van der Waals surface area contributed by atoms with Gasteiger partial charge in [-0.2, -0.15) is 0 Å². The van der Waals surface area contributed by atoms with E-state index in [1.54, 1.807) is 6.92 Å². The number of hydrogen-bond donors (Lipinski definition) is 1. The number of carbonyl (C=O) groups is 1. The van der Waals surface area contributed by atoms with Crippen LogP contribution in [0.25, 0.3) is 0 Å². The monoisotopic (exact) mass is 209 g/mol. The van der Waals surface area contributed by atoms with Gasteiger partial charge in [0, 0.05) is 0 Å². The van der Waals surface area contributed by atoms with Crippen molar-refractivity contribution in [2.45, 2.75) is 40.2 Å². The highest BCUT2D eigenvalue weighted by atomic mass is 16.1. The fourth-order valence-electron chi connectivity index (χ4n) is 1.28. The van der Waals surface area contributed by atoms with Crippen LogP contribution in [-0.2, 0) is 4.79 Å². The van der Waals surface area contributed by atoms with Crippen LogP contribution < -0.4 is 5.32 Å². The summed E-state index contributed by atoms with van der Waals surface area (Å²) in [6.07, 6.45) is 7.07. The number of hydrogen-bond acceptors (Lipinski definition) is 2. The predicted octanol–water partition coefficient (Wildman–Crippen LogP) is 2.71. The topological polar surface area (TPSA) is 29.1 Å². The van der Waals surface area contributed by atoms with Crippen LogP contribution in [0.5, 0.6) is 0 Å². The Kier molecular flexibility index (Phi) is 6.97. The molecule has 0 spiro atoms. The van der Waals surface area contributed by atoms with Crippen LogP contribution in [0.1, 0.15) is 34.1 Å². The highest BCUT2D eigenvalue weighted by molar-refractivity contribution is 5.81. The van der Waals surface area contributed by atoms with Crippen molar-refractivity contribution in [1.29, 1.82) is 0 Å². The molecule has 0 aromatic carbocycles. The maximum absolute atomic E-state index is 11.2. The third-order valence-corrected chi connectivity index (χ3v) is 2.24. The van der Waals surface area contributed by atoms with E-state index in [2.05, 4.69) is 44.3 Å². The van der Waals surface area contributed by atoms with E-state index in [1.165, 1.54) is 5.57 Å². The normalized spacial score (nSPS) is 14.9. The summed E-state index contributed by atoms with van der Waals surface area (Å²) in [5.74, 6) is 0.764. The molecule has 0 saturated carbocycles. The molecule has 0 aromatic heterocycles. The molecule has 0 aliphatic heterocycles. The fourth-order valence-corrected chi connectivity index (χ4v) is 1.28. The van der Waals surface area contributed by atoms with Gasteiger partial charge in [0.05, 0.1) is 6.04 Å². The second kappa shape index (κ2) is 7.41. The number of ketones is 1. The van der Waals surface area contributed by atoms with E-state index in [0.29, 0.717) is 5.92 Å². The van der Waals surface area contributed by atoms with E-state index < -0.39 is 0 Å². The van der Waals surface area contributed by atoms with Crippen LogP contribution in [0, 0.1) is 5.92 Å². The molecule has 0 rings (SSSR count). The van der Waals surface area contributed by atoms with Crippen molar-refractivity contribution in [3.05, 3.63) is 23.8 Å². The molecule has 0 unspecified atom stereocenters. The van der Waals surface area contributed by atoms with Gasteiger partial charge in [0.25, 0.3) is 0 Å². The molecule has 2 heteroatoms. The van der Waals surface area contributed by atoms with E-state index in [1.807, 2.05) is 7.05 Å². The Balaban J connectivity index is 4.21. The minimum atomic E-state index is -0.0475. The Bertz CT molecular complexity index is 251. The maximum Gasteiger partial charge on any atom is 0.146 e. The van der Waals surface area contributed by atoms with E-state index in [4.69, 9.17) is 0 Å². The van der Waals surface area contributed by atoms with Crippen molar-refractivity contribution < 1.29 is 4.79 Å². The summed E-state index contributed by atoms with van der Waals surface area (Å²) in [7, 11) is 1.82. The van der Waals surface area contributed by atoms with E-state index in [-0.39, 0.29) is 11.8 Å². The van der Waals surface area contributed by atoms with Gasteiger partial charge in [-0.3, -0.25) is 4.79 Å². The molecule has 1 atom stereocenters. The summed E-state index contributed by atoms with van der Waals surface area (Å²) in [5.41, 5.74) is 1.22. The molecule has 0 heterocycles. The lowest BCUT2D eigenvalue weighted by Gasteiger charge is -2.12. The predicted molar refractivity (Wildman–Crippen MR) is 65.9 cm³/mol. The Morgan fingerprint density at radius 1 is 1.33 bits per heavy atom. The fraction of sp³-hybridized carbons (Fsp3) is 0.615. The first-order valence-corrected chi connectivity index (χ1v) is 5.49. The van der Waals surface area contributed by atoms with Crippen molar-refractivity contribution in [2.24, 2.45) is 5.92 Å². The van der Waals surface area contributed by atoms with Crippen LogP contribution in [0.15, 0.2) is 23.8 Å². The molecule has 0 saturated heterocycles. The van der Waals surface area contributed by atoms with Crippen molar-refractivity contribution in [2.75, 3.05) is 7.05 Å². The summed E-state index contributed by atoms with van der Waals surface area (Å²) in [6.45, 7) is 7.97. The van der Waals surface area contributed by atoms with Crippen molar-refractivity contribution in [3.63, 3.8) is 0 Å². The molecule has 0 amide bonds. The number of carbonyl (C=O) groups excluding carboxylic acids is 1. The van der Waals surface area contributed by atoms with Gasteiger partial charge in [-0.15, -0.1) is 0 Å². The number of nitrogens with one attached hydrogen (secondary N) is 1. The largest absolute Gasteiger partial charge is 0.310 e. The minimum absolute atomic E-state index is 0.0475. The van der Waals surface area contributed by atoms with E-state index in [9.17, 15) is 4.79 Å². The van der Waals surface area contributed by atoms with E-state index in [0.717, 1.165) is 6.42 Å². The lowest BCUT2D eigenvalue weighted by atomic mass is 10.0. The molecule has 0 aromatic rings. The van der Waals surface area contributed by atoms with Gasteiger partial charge in [0.1, 0.15) is 5.78 Å². The number of allylic oxidation sites excluding steroid dienone is 3. The van der Waals surface area contributed by atoms with Crippen molar-refractivity contribution in [1.82, 2.24) is 5.32 Å². The molecule has 2 nitrogen and oxygen atoms in total. The molecule has 0 bridgehead atoms. The van der Waals surface area contributed by atoms with Crippen LogP contribution in [0.4, 0.5) is 0 Å². The number of likely N-dealkylation sites (N-methyl/N-ethyl adjacent to an activating group) is 1. The third kappa shape index (κ3) is 7.09. The zero-order valence-corrected chi connectivity index (χ0v) is 10.5. The van der Waals surface area contributed by atoms with Crippen LogP contribution in [-0.4, -0.2) is 18.9 Å².